The average Bonchev–Trinajstić information content (AvgIpc) is 2.55. The van der Waals surface area contributed by atoms with Crippen LogP contribution in [-0.4, -0.2) is 30.3 Å². The van der Waals surface area contributed by atoms with E-state index in [2.05, 4.69) is 36.5 Å². The molecule has 2 aromatic rings. The van der Waals surface area contributed by atoms with Crippen molar-refractivity contribution in [2.75, 3.05) is 18.9 Å². The zero-order valence-electron chi connectivity index (χ0n) is 14.1. The fourth-order valence-electron chi connectivity index (χ4n) is 2.41. The van der Waals surface area contributed by atoms with Gasteiger partial charge in [0.15, 0.2) is 0 Å². The smallest absolute Gasteiger partial charge is 0.248 e. The number of aryl methyl sites for hydroxylation is 1. The lowest BCUT2D eigenvalue weighted by Gasteiger charge is -2.16. The van der Waals surface area contributed by atoms with Crippen molar-refractivity contribution in [2.24, 2.45) is 5.73 Å². The number of likely N-dealkylation sites (N-methyl/N-ethyl adjacent to an activating group) is 1. The van der Waals surface area contributed by atoms with Crippen LogP contribution in [0.25, 0.3) is 0 Å². The number of primary amides is 1. The standard InChI is InChI=1S/C19H23N3O2/c1-3-14-4-6-15(7-5-14)12-22(2)13-18(23)21-17-10-8-16(9-11-17)19(20)24/h4-11H,3,12-13H2,1-2H3,(H2,20,24)(H,21,23). The summed E-state index contributed by atoms with van der Waals surface area (Å²) in [4.78, 5) is 25.1. The van der Waals surface area contributed by atoms with Crippen LogP contribution >= 0.6 is 0 Å². The van der Waals surface area contributed by atoms with E-state index < -0.39 is 5.91 Å². The van der Waals surface area contributed by atoms with E-state index in [1.165, 1.54) is 11.1 Å². The van der Waals surface area contributed by atoms with Crippen molar-refractivity contribution in [3.05, 3.63) is 65.2 Å². The third-order valence-electron chi connectivity index (χ3n) is 3.75. The molecule has 0 aromatic heterocycles. The van der Waals surface area contributed by atoms with Crippen LogP contribution in [0.2, 0.25) is 0 Å². The van der Waals surface area contributed by atoms with Gasteiger partial charge in [0, 0.05) is 17.8 Å². The van der Waals surface area contributed by atoms with Crippen LogP contribution in [0.15, 0.2) is 48.5 Å². The summed E-state index contributed by atoms with van der Waals surface area (Å²) in [5, 5.41) is 2.81. The molecule has 3 N–H and O–H groups in total. The van der Waals surface area contributed by atoms with Gasteiger partial charge in [-0.15, -0.1) is 0 Å². The van der Waals surface area contributed by atoms with Gasteiger partial charge < -0.3 is 11.1 Å². The number of rotatable bonds is 7. The molecule has 5 nitrogen and oxygen atoms in total. The average molecular weight is 325 g/mol. The first-order valence-electron chi connectivity index (χ1n) is 7.94. The highest BCUT2D eigenvalue weighted by Gasteiger charge is 2.08. The molecule has 5 heteroatoms. The van der Waals surface area contributed by atoms with Gasteiger partial charge in [-0.25, -0.2) is 0 Å². The van der Waals surface area contributed by atoms with Gasteiger partial charge in [0.05, 0.1) is 6.54 Å². The van der Waals surface area contributed by atoms with Gasteiger partial charge in [-0.2, -0.15) is 0 Å². The van der Waals surface area contributed by atoms with Gasteiger partial charge in [-0.1, -0.05) is 31.2 Å². The number of hydrogen-bond acceptors (Lipinski definition) is 3. The maximum absolute atomic E-state index is 12.1. The number of carbonyl (C=O) groups excluding carboxylic acids is 2. The largest absolute Gasteiger partial charge is 0.366 e. The van der Waals surface area contributed by atoms with Crippen molar-refractivity contribution in [1.29, 1.82) is 0 Å². The summed E-state index contributed by atoms with van der Waals surface area (Å²) in [5.41, 5.74) is 8.73. The second kappa shape index (κ2) is 8.26. The molecule has 0 bridgehead atoms. The molecule has 2 amide bonds. The van der Waals surface area contributed by atoms with Crippen LogP contribution in [0, 0.1) is 0 Å². The summed E-state index contributed by atoms with van der Waals surface area (Å²) < 4.78 is 0. The summed E-state index contributed by atoms with van der Waals surface area (Å²) in [6, 6.07) is 14.9. The summed E-state index contributed by atoms with van der Waals surface area (Å²) in [6.07, 6.45) is 1.02. The predicted molar refractivity (Wildman–Crippen MR) is 95.7 cm³/mol. The minimum absolute atomic E-state index is 0.102. The monoisotopic (exact) mass is 325 g/mol. The minimum atomic E-state index is -0.485. The van der Waals surface area contributed by atoms with E-state index in [0.29, 0.717) is 17.8 Å². The van der Waals surface area contributed by atoms with E-state index in [4.69, 9.17) is 5.73 Å². The second-order valence-electron chi connectivity index (χ2n) is 5.83. The quantitative estimate of drug-likeness (QED) is 0.821. The Morgan fingerprint density at radius 2 is 1.58 bits per heavy atom. The molecule has 0 aliphatic rings. The first kappa shape index (κ1) is 17.7. The highest BCUT2D eigenvalue weighted by atomic mass is 16.2. The number of benzene rings is 2. The lowest BCUT2D eigenvalue weighted by atomic mass is 10.1. The molecule has 0 aliphatic carbocycles. The van der Waals surface area contributed by atoms with Crippen molar-refractivity contribution in [2.45, 2.75) is 19.9 Å². The van der Waals surface area contributed by atoms with Crippen molar-refractivity contribution in [3.8, 4) is 0 Å². The normalized spacial score (nSPS) is 10.6. The molecular formula is C19H23N3O2. The van der Waals surface area contributed by atoms with Gasteiger partial charge in [0.1, 0.15) is 0 Å². The maximum Gasteiger partial charge on any atom is 0.248 e. The summed E-state index contributed by atoms with van der Waals surface area (Å²) in [5.74, 6) is -0.587. The number of anilines is 1. The van der Waals surface area contributed by atoms with Gasteiger partial charge in [0.2, 0.25) is 11.8 Å². The molecule has 0 radical (unpaired) electrons. The van der Waals surface area contributed by atoms with Gasteiger partial charge >= 0.3 is 0 Å². The van der Waals surface area contributed by atoms with E-state index in [0.717, 1.165) is 6.42 Å². The Kier molecular flexibility index (Phi) is 6.09. The Bertz CT molecular complexity index is 694. The molecule has 0 saturated carbocycles. The lowest BCUT2D eigenvalue weighted by molar-refractivity contribution is -0.117. The Labute approximate surface area is 142 Å². The molecule has 0 heterocycles. The first-order valence-corrected chi connectivity index (χ1v) is 7.94. The zero-order chi connectivity index (χ0) is 17.5. The van der Waals surface area contributed by atoms with Crippen LogP contribution in [0.4, 0.5) is 5.69 Å². The van der Waals surface area contributed by atoms with Crippen LogP contribution in [0.1, 0.15) is 28.4 Å². The number of nitrogens with two attached hydrogens (primary N) is 1. The highest BCUT2D eigenvalue weighted by Crippen LogP contribution is 2.10. The number of amides is 2. The minimum Gasteiger partial charge on any atom is -0.366 e. The van der Waals surface area contributed by atoms with Crippen LogP contribution in [-0.2, 0) is 17.8 Å². The zero-order valence-corrected chi connectivity index (χ0v) is 14.1. The van der Waals surface area contributed by atoms with Gasteiger partial charge in [0.25, 0.3) is 0 Å². The molecule has 0 spiro atoms. The van der Waals surface area contributed by atoms with Crippen molar-refractivity contribution in [1.82, 2.24) is 4.90 Å². The maximum atomic E-state index is 12.1. The fraction of sp³-hybridized carbons (Fsp3) is 0.263. The Morgan fingerprint density at radius 3 is 2.12 bits per heavy atom. The molecule has 0 fully saturated rings. The van der Waals surface area contributed by atoms with Crippen LogP contribution in [0.3, 0.4) is 0 Å². The lowest BCUT2D eigenvalue weighted by Crippen LogP contribution is -2.29. The van der Waals surface area contributed by atoms with E-state index in [-0.39, 0.29) is 12.5 Å². The molecule has 2 rings (SSSR count). The van der Waals surface area contributed by atoms with Gasteiger partial charge in [-0.05, 0) is 48.9 Å². The summed E-state index contributed by atoms with van der Waals surface area (Å²) in [6.45, 7) is 3.12. The molecule has 0 unspecified atom stereocenters. The van der Waals surface area contributed by atoms with Gasteiger partial charge in [-0.3, -0.25) is 14.5 Å². The number of carbonyl (C=O) groups is 2. The topological polar surface area (TPSA) is 75.4 Å². The second-order valence-corrected chi connectivity index (χ2v) is 5.83. The summed E-state index contributed by atoms with van der Waals surface area (Å²) in [7, 11) is 1.91. The van der Waals surface area contributed by atoms with E-state index >= 15 is 0 Å². The molecular weight excluding hydrogens is 302 g/mol. The van der Waals surface area contributed by atoms with Crippen molar-refractivity contribution < 1.29 is 9.59 Å². The van der Waals surface area contributed by atoms with E-state index in [1.54, 1.807) is 24.3 Å². The Balaban J connectivity index is 1.85. The van der Waals surface area contributed by atoms with E-state index in [9.17, 15) is 9.59 Å². The van der Waals surface area contributed by atoms with Crippen molar-refractivity contribution in [3.63, 3.8) is 0 Å². The Morgan fingerprint density at radius 1 is 1.00 bits per heavy atom. The molecule has 126 valence electrons. The number of nitrogens with one attached hydrogen (secondary N) is 1. The summed E-state index contributed by atoms with van der Waals surface area (Å²) >= 11 is 0. The molecule has 0 saturated heterocycles. The first-order chi connectivity index (χ1) is 11.5. The van der Waals surface area contributed by atoms with Crippen LogP contribution < -0.4 is 11.1 Å². The van der Waals surface area contributed by atoms with Crippen molar-refractivity contribution >= 4 is 17.5 Å². The molecule has 24 heavy (non-hydrogen) atoms. The number of hydrogen-bond donors (Lipinski definition) is 2. The SMILES string of the molecule is CCc1ccc(CN(C)CC(=O)Nc2ccc(C(N)=O)cc2)cc1. The third-order valence-corrected chi connectivity index (χ3v) is 3.75. The highest BCUT2D eigenvalue weighted by molar-refractivity contribution is 5.95. The molecule has 0 aliphatic heterocycles. The van der Waals surface area contributed by atoms with Crippen LogP contribution in [0.5, 0.6) is 0 Å². The molecule has 2 aromatic carbocycles. The predicted octanol–water partition coefficient (Wildman–Crippen LogP) is 2.42. The number of nitrogens with zero attached hydrogens (tertiary/aromatic N) is 1. The van der Waals surface area contributed by atoms with E-state index in [1.807, 2.05) is 11.9 Å². The fourth-order valence-corrected chi connectivity index (χ4v) is 2.41. The Hall–Kier alpha value is -2.66. The molecule has 0 atom stereocenters. The third kappa shape index (κ3) is 5.21.